The van der Waals surface area contributed by atoms with Gasteiger partial charge in [0.15, 0.2) is 0 Å². The maximum absolute atomic E-state index is 13.7. The van der Waals surface area contributed by atoms with E-state index in [2.05, 4.69) is 4.98 Å². The number of benzene rings is 1. The summed E-state index contributed by atoms with van der Waals surface area (Å²) in [6.45, 7) is 1.22. The molecule has 25 heavy (non-hydrogen) atoms. The molecule has 1 atom stereocenters. The zero-order chi connectivity index (χ0) is 17.8. The van der Waals surface area contributed by atoms with Crippen molar-refractivity contribution in [3.8, 4) is 0 Å². The normalized spacial score (nSPS) is 17.5. The van der Waals surface area contributed by atoms with Gasteiger partial charge in [-0.25, -0.2) is 8.78 Å². The van der Waals surface area contributed by atoms with Crippen LogP contribution in [0.4, 0.5) is 8.78 Å². The number of likely N-dealkylation sites (tertiary alicyclic amines) is 1. The molecule has 0 saturated carbocycles. The number of halogens is 2. The lowest BCUT2D eigenvalue weighted by atomic mass is 9.91. The molecule has 1 aliphatic heterocycles. The largest absolute Gasteiger partial charge is 0.338 e. The van der Waals surface area contributed by atoms with Gasteiger partial charge in [0.1, 0.15) is 11.6 Å². The molecule has 2 heterocycles. The molecule has 0 spiro atoms. The van der Waals surface area contributed by atoms with Gasteiger partial charge < -0.3 is 9.88 Å². The molecule has 0 aliphatic carbocycles. The topological polar surface area (TPSA) is 53.2 Å². The first-order valence-electron chi connectivity index (χ1n) is 8.45. The number of carbonyl (C=O) groups excluding carboxylic acids is 1. The number of carbonyl (C=O) groups is 1. The van der Waals surface area contributed by atoms with E-state index in [1.807, 2.05) is 0 Å². The number of rotatable bonds is 4. The van der Waals surface area contributed by atoms with Crippen molar-refractivity contribution in [2.75, 3.05) is 13.1 Å². The molecule has 1 saturated heterocycles. The van der Waals surface area contributed by atoms with Gasteiger partial charge in [0.05, 0.1) is 5.56 Å². The molecule has 0 radical (unpaired) electrons. The second-order valence-electron chi connectivity index (χ2n) is 6.44. The number of hydrogen-bond acceptors (Lipinski definition) is 2. The van der Waals surface area contributed by atoms with Crippen molar-refractivity contribution in [1.29, 1.82) is 0 Å². The van der Waals surface area contributed by atoms with Crippen LogP contribution in [-0.2, 0) is 6.42 Å². The Morgan fingerprint density at radius 1 is 1.20 bits per heavy atom. The van der Waals surface area contributed by atoms with Crippen molar-refractivity contribution in [2.24, 2.45) is 5.92 Å². The van der Waals surface area contributed by atoms with Gasteiger partial charge in [-0.15, -0.1) is 0 Å². The molecule has 2 aromatic rings. The van der Waals surface area contributed by atoms with Crippen LogP contribution in [0.15, 0.2) is 41.3 Å². The Morgan fingerprint density at radius 2 is 1.96 bits per heavy atom. The third-order valence-electron chi connectivity index (χ3n) is 4.70. The van der Waals surface area contributed by atoms with E-state index in [0.29, 0.717) is 31.5 Å². The first-order chi connectivity index (χ1) is 12.0. The predicted octanol–water partition coefficient (Wildman–Crippen LogP) is 3.14. The lowest BCUT2D eigenvalue weighted by molar-refractivity contribution is 0.0667. The van der Waals surface area contributed by atoms with Gasteiger partial charge in [0.25, 0.3) is 5.91 Å². The molecule has 0 bridgehead atoms. The summed E-state index contributed by atoms with van der Waals surface area (Å²) in [7, 11) is 0. The van der Waals surface area contributed by atoms with Crippen molar-refractivity contribution in [3.05, 3.63) is 69.6 Å². The molecule has 132 valence electrons. The molecular formula is C19H20F2N2O2. The average molecular weight is 346 g/mol. The zero-order valence-electron chi connectivity index (χ0n) is 13.8. The Morgan fingerprint density at radius 3 is 2.64 bits per heavy atom. The van der Waals surface area contributed by atoms with Gasteiger partial charge in [-0.05, 0) is 49.8 Å². The number of nitrogens with zero attached hydrogens (tertiary/aromatic N) is 1. The van der Waals surface area contributed by atoms with Gasteiger partial charge >= 0.3 is 0 Å². The standard InChI is InChI=1S/C19H20F2N2O2/c20-16-4-1-5-17(21)15(16)8-6-13-3-2-10-23(12-13)19(25)14-7-9-18(24)22-11-14/h1,4-5,7,9,11,13H,2-3,6,8,10,12H2,(H,22,24)/t13-/m0/s1. The van der Waals surface area contributed by atoms with Gasteiger partial charge in [-0.2, -0.15) is 0 Å². The third kappa shape index (κ3) is 4.13. The monoisotopic (exact) mass is 346 g/mol. The molecule has 1 amide bonds. The van der Waals surface area contributed by atoms with Crippen LogP contribution in [0, 0.1) is 17.6 Å². The van der Waals surface area contributed by atoms with Gasteiger partial charge in [-0.1, -0.05) is 6.07 Å². The second-order valence-corrected chi connectivity index (χ2v) is 6.44. The van der Waals surface area contributed by atoms with Crippen molar-refractivity contribution in [2.45, 2.75) is 25.7 Å². The summed E-state index contributed by atoms with van der Waals surface area (Å²) in [5, 5.41) is 0. The van der Waals surface area contributed by atoms with Crippen LogP contribution in [0.25, 0.3) is 0 Å². The number of aromatic amines is 1. The number of amides is 1. The van der Waals surface area contributed by atoms with Crippen LogP contribution in [0.3, 0.4) is 0 Å². The van der Waals surface area contributed by atoms with Crippen LogP contribution in [0.2, 0.25) is 0 Å². The Bertz CT molecular complexity index is 779. The number of H-pyrrole nitrogens is 1. The molecule has 6 heteroatoms. The molecule has 1 aliphatic rings. The minimum atomic E-state index is -0.517. The zero-order valence-corrected chi connectivity index (χ0v) is 13.8. The Hall–Kier alpha value is -2.50. The van der Waals surface area contributed by atoms with E-state index < -0.39 is 11.6 Å². The van der Waals surface area contributed by atoms with E-state index >= 15 is 0 Å². The molecule has 1 N–H and O–H groups in total. The van der Waals surface area contributed by atoms with Gasteiger partial charge in [0, 0.05) is 30.9 Å². The highest BCUT2D eigenvalue weighted by Crippen LogP contribution is 2.24. The highest BCUT2D eigenvalue weighted by Gasteiger charge is 2.25. The van der Waals surface area contributed by atoms with Crippen molar-refractivity contribution < 1.29 is 13.6 Å². The summed E-state index contributed by atoms with van der Waals surface area (Å²) < 4.78 is 27.5. The number of nitrogens with one attached hydrogen (secondary N) is 1. The number of hydrogen-bond donors (Lipinski definition) is 1. The fourth-order valence-electron chi connectivity index (χ4n) is 3.33. The van der Waals surface area contributed by atoms with E-state index in [1.165, 1.54) is 36.5 Å². The maximum atomic E-state index is 13.7. The quantitative estimate of drug-likeness (QED) is 0.925. The average Bonchev–Trinajstić information content (AvgIpc) is 2.62. The molecule has 4 nitrogen and oxygen atoms in total. The summed E-state index contributed by atoms with van der Waals surface area (Å²) in [6.07, 6.45) is 4.17. The van der Waals surface area contributed by atoms with Crippen LogP contribution in [0.5, 0.6) is 0 Å². The number of pyridine rings is 1. The summed E-state index contributed by atoms with van der Waals surface area (Å²) in [4.78, 5) is 27.9. The van der Waals surface area contributed by atoms with Crippen LogP contribution in [0.1, 0.15) is 35.2 Å². The fraction of sp³-hybridized carbons (Fsp3) is 0.368. The maximum Gasteiger partial charge on any atom is 0.255 e. The lowest BCUT2D eigenvalue weighted by Gasteiger charge is -2.33. The second kappa shape index (κ2) is 7.59. The molecular weight excluding hydrogens is 326 g/mol. The number of aromatic nitrogens is 1. The van der Waals surface area contributed by atoms with E-state index in [9.17, 15) is 18.4 Å². The third-order valence-corrected chi connectivity index (χ3v) is 4.70. The molecule has 1 aromatic carbocycles. The smallest absolute Gasteiger partial charge is 0.255 e. The van der Waals surface area contributed by atoms with E-state index in [0.717, 1.165) is 12.8 Å². The van der Waals surface area contributed by atoms with E-state index in [1.54, 1.807) is 4.90 Å². The Labute approximate surface area is 144 Å². The number of piperidine rings is 1. The summed E-state index contributed by atoms with van der Waals surface area (Å²) in [5.41, 5.74) is 0.312. The summed E-state index contributed by atoms with van der Waals surface area (Å²) in [5.74, 6) is -0.952. The van der Waals surface area contributed by atoms with Crippen molar-refractivity contribution in [3.63, 3.8) is 0 Å². The van der Waals surface area contributed by atoms with Gasteiger partial charge in [-0.3, -0.25) is 9.59 Å². The predicted molar refractivity (Wildman–Crippen MR) is 90.4 cm³/mol. The van der Waals surface area contributed by atoms with E-state index in [4.69, 9.17) is 0 Å². The van der Waals surface area contributed by atoms with Gasteiger partial charge in [0.2, 0.25) is 5.56 Å². The Balaban J connectivity index is 1.62. The molecule has 3 rings (SSSR count). The SMILES string of the molecule is O=C(c1ccc(=O)[nH]c1)N1CCC[C@@H](CCc2c(F)cccc2F)C1. The highest BCUT2D eigenvalue weighted by atomic mass is 19.1. The summed E-state index contributed by atoms with van der Waals surface area (Å²) >= 11 is 0. The van der Waals surface area contributed by atoms with Crippen LogP contribution in [-0.4, -0.2) is 28.9 Å². The van der Waals surface area contributed by atoms with Crippen molar-refractivity contribution in [1.82, 2.24) is 9.88 Å². The molecule has 1 fully saturated rings. The lowest BCUT2D eigenvalue weighted by Crippen LogP contribution is -2.40. The Kier molecular flexibility index (Phi) is 5.26. The van der Waals surface area contributed by atoms with Crippen LogP contribution < -0.4 is 5.56 Å². The van der Waals surface area contributed by atoms with Crippen molar-refractivity contribution >= 4 is 5.91 Å². The molecule has 1 aromatic heterocycles. The first kappa shape index (κ1) is 17.3. The first-order valence-corrected chi connectivity index (χ1v) is 8.45. The highest BCUT2D eigenvalue weighted by molar-refractivity contribution is 5.93. The van der Waals surface area contributed by atoms with E-state index in [-0.39, 0.29) is 22.9 Å². The minimum Gasteiger partial charge on any atom is -0.338 e. The molecule has 0 unspecified atom stereocenters. The van der Waals surface area contributed by atoms with Crippen LogP contribution >= 0.6 is 0 Å². The summed E-state index contributed by atoms with van der Waals surface area (Å²) in [6, 6.07) is 6.74. The minimum absolute atomic E-state index is 0.117. The fourth-order valence-corrected chi connectivity index (χ4v) is 3.33.